The lowest BCUT2D eigenvalue weighted by molar-refractivity contribution is 0.0345. The van der Waals surface area contributed by atoms with E-state index in [0.29, 0.717) is 18.4 Å². The minimum Gasteiger partial charge on any atom is -0.504 e. The first-order valence-corrected chi connectivity index (χ1v) is 9.61. The average molecular weight is 371 g/mol. The SMILES string of the molecule is CN1C(CC(O)c2ccccc2)CCCC1CC(O)c1cccc(O)c1O. The molecule has 0 aliphatic carbocycles. The second kappa shape index (κ2) is 8.74. The van der Waals surface area contributed by atoms with Crippen LogP contribution in [-0.4, -0.2) is 44.5 Å². The van der Waals surface area contributed by atoms with Crippen LogP contribution in [-0.2, 0) is 0 Å². The molecule has 4 N–H and O–H groups in total. The second-order valence-corrected chi connectivity index (χ2v) is 7.53. The van der Waals surface area contributed by atoms with Crippen LogP contribution < -0.4 is 0 Å². The molecule has 0 saturated carbocycles. The summed E-state index contributed by atoms with van der Waals surface area (Å²) in [6.45, 7) is 0. The summed E-state index contributed by atoms with van der Waals surface area (Å²) >= 11 is 0. The largest absolute Gasteiger partial charge is 0.504 e. The quantitative estimate of drug-likeness (QED) is 0.584. The van der Waals surface area contributed by atoms with Gasteiger partial charge in [-0.3, -0.25) is 0 Å². The molecule has 0 amide bonds. The molecule has 1 fully saturated rings. The van der Waals surface area contributed by atoms with Crippen LogP contribution in [0.1, 0.15) is 55.4 Å². The number of aromatic hydroxyl groups is 2. The summed E-state index contributed by atoms with van der Waals surface area (Å²) in [5.74, 6) is -0.466. The molecular formula is C22H29NO4. The van der Waals surface area contributed by atoms with Gasteiger partial charge in [0.1, 0.15) is 0 Å². The molecule has 4 atom stereocenters. The Morgan fingerprint density at radius 2 is 1.52 bits per heavy atom. The van der Waals surface area contributed by atoms with Gasteiger partial charge in [0.15, 0.2) is 11.5 Å². The Kier molecular flexibility index (Phi) is 6.37. The molecule has 0 radical (unpaired) electrons. The number of hydrogen-bond donors (Lipinski definition) is 4. The number of para-hydroxylation sites is 1. The normalized spacial score (nSPS) is 23.1. The third-order valence-corrected chi connectivity index (χ3v) is 5.81. The van der Waals surface area contributed by atoms with E-state index in [9.17, 15) is 20.4 Å². The van der Waals surface area contributed by atoms with Crippen LogP contribution in [0.4, 0.5) is 0 Å². The maximum absolute atomic E-state index is 10.6. The summed E-state index contributed by atoms with van der Waals surface area (Å²) in [4.78, 5) is 2.25. The molecule has 1 aliphatic heterocycles. The van der Waals surface area contributed by atoms with Crippen molar-refractivity contribution in [3.63, 3.8) is 0 Å². The molecule has 0 spiro atoms. The molecule has 0 aromatic heterocycles. The number of piperidine rings is 1. The van der Waals surface area contributed by atoms with Gasteiger partial charge >= 0.3 is 0 Å². The topological polar surface area (TPSA) is 84.2 Å². The molecule has 1 saturated heterocycles. The Labute approximate surface area is 160 Å². The first-order valence-electron chi connectivity index (χ1n) is 9.61. The van der Waals surface area contributed by atoms with Gasteiger partial charge in [0.25, 0.3) is 0 Å². The number of phenolic OH excluding ortho intramolecular Hbond substituents is 2. The maximum atomic E-state index is 10.6. The molecule has 1 aliphatic rings. The number of phenols is 2. The van der Waals surface area contributed by atoms with E-state index in [1.165, 1.54) is 6.07 Å². The number of rotatable bonds is 6. The monoisotopic (exact) mass is 371 g/mol. The van der Waals surface area contributed by atoms with Gasteiger partial charge in [-0.1, -0.05) is 48.9 Å². The van der Waals surface area contributed by atoms with Gasteiger partial charge in [-0.25, -0.2) is 0 Å². The summed E-state index contributed by atoms with van der Waals surface area (Å²) in [7, 11) is 2.04. The lowest BCUT2D eigenvalue weighted by Gasteiger charge is -2.41. The summed E-state index contributed by atoms with van der Waals surface area (Å²) in [6, 6.07) is 14.8. The van der Waals surface area contributed by atoms with Gasteiger partial charge < -0.3 is 25.3 Å². The van der Waals surface area contributed by atoms with Crippen molar-refractivity contribution >= 4 is 0 Å². The van der Waals surface area contributed by atoms with Crippen LogP contribution in [0.2, 0.25) is 0 Å². The van der Waals surface area contributed by atoms with Crippen LogP contribution >= 0.6 is 0 Å². The van der Waals surface area contributed by atoms with Crippen molar-refractivity contribution in [2.45, 2.75) is 56.4 Å². The van der Waals surface area contributed by atoms with Crippen LogP contribution in [0.3, 0.4) is 0 Å². The van der Waals surface area contributed by atoms with Crippen molar-refractivity contribution in [2.75, 3.05) is 7.05 Å². The maximum Gasteiger partial charge on any atom is 0.163 e. The highest BCUT2D eigenvalue weighted by Crippen LogP contribution is 2.37. The first-order chi connectivity index (χ1) is 13.0. The lowest BCUT2D eigenvalue weighted by atomic mass is 9.87. The molecule has 5 nitrogen and oxygen atoms in total. The van der Waals surface area contributed by atoms with Crippen molar-refractivity contribution in [3.8, 4) is 11.5 Å². The van der Waals surface area contributed by atoms with E-state index in [1.807, 2.05) is 37.4 Å². The highest BCUT2D eigenvalue weighted by Gasteiger charge is 2.31. The van der Waals surface area contributed by atoms with Gasteiger partial charge in [-0.2, -0.15) is 0 Å². The van der Waals surface area contributed by atoms with Crippen LogP contribution in [0.15, 0.2) is 48.5 Å². The van der Waals surface area contributed by atoms with Crippen molar-refractivity contribution in [1.29, 1.82) is 0 Å². The Morgan fingerprint density at radius 3 is 2.19 bits per heavy atom. The van der Waals surface area contributed by atoms with Gasteiger partial charge in [0.2, 0.25) is 0 Å². The van der Waals surface area contributed by atoms with Gasteiger partial charge in [0, 0.05) is 17.6 Å². The molecule has 2 aromatic rings. The highest BCUT2D eigenvalue weighted by molar-refractivity contribution is 5.45. The summed E-state index contributed by atoms with van der Waals surface area (Å²) in [5, 5.41) is 40.8. The highest BCUT2D eigenvalue weighted by atomic mass is 16.3. The second-order valence-electron chi connectivity index (χ2n) is 7.53. The van der Waals surface area contributed by atoms with Crippen molar-refractivity contribution in [1.82, 2.24) is 4.90 Å². The third kappa shape index (κ3) is 4.61. The van der Waals surface area contributed by atoms with E-state index in [-0.39, 0.29) is 23.6 Å². The first kappa shape index (κ1) is 19.7. The summed E-state index contributed by atoms with van der Waals surface area (Å²) in [5.41, 5.74) is 1.28. The molecule has 2 aromatic carbocycles. The van der Waals surface area contributed by atoms with E-state index in [0.717, 1.165) is 24.8 Å². The van der Waals surface area contributed by atoms with E-state index >= 15 is 0 Å². The number of aliphatic hydroxyl groups excluding tert-OH is 2. The Balaban J connectivity index is 1.64. The molecule has 0 bridgehead atoms. The fourth-order valence-corrected chi connectivity index (χ4v) is 4.13. The summed E-state index contributed by atoms with van der Waals surface area (Å²) < 4.78 is 0. The van der Waals surface area contributed by atoms with Crippen molar-refractivity contribution in [2.24, 2.45) is 0 Å². The predicted molar refractivity (Wildman–Crippen MR) is 105 cm³/mol. The van der Waals surface area contributed by atoms with Crippen LogP contribution in [0, 0.1) is 0 Å². The van der Waals surface area contributed by atoms with E-state index < -0.39 is 12.2 Å². The minimum absolute atomic E-state index is 0.156. The van der Waals surface area contributed by atoms with E-state index in [2.05, 4.69) is 4.90 Å². The predicted octanol–water partition coefficient (Wildman–Crippen LogP) is 3.50. The molecule has 146 valence electrons. The summed E-state index contributed by atoms with van der Waals surface area (Å²) in [6.07, 6.45) is 2.81. The fourth-order valence-electron chi connectivity index (χ4n) is 4.13. The lowest BCUT2D eigenvalue weighted by Crippen LogP contribution is -2.45. The Bertz CT molecular complexity index is 736. The molecule has 27 heavy (non-hydrogen) atoms. The van der Waals surface area contributed by atoms with Gasteiger partial charge in [-0.05, 0) is 44.4 Å². The zero-order chi connectivity index (χ0) is 19.4. The zero-order valence-corrected chi connectivity index (χ0v) is 15.7. The van der Waals surface area contributed by atoms with Gasteiger partial charge in [0.05, 0.1) is 12.2 Å². The molecule has 4 unspecified atom stereocenters. The minimum atomic E-state index is -0.845. The molecule has 3 rings (SSSR count). The standard InChI is InChI=1S/C22H29NO4/c1-23-16(13-20(25)15-7-3-2-4-8-15)9-5-10-17(23)14-21(26)18-11-6-12-19(24)22(18)27/h2-4,6-8,11-12,16-17,20-21,24-27H,5,9-10,13-14H2,1H3. The smallest absolute Gasteiger partial charge is 0.163 e. The molecule has 1 heterocycles. The van der Waals surface area contributed by atoms with Crippen molar-refractivity contribution < 1.29 is 20.4 Å². The number of likely N-dealkylation sites (tertiary alicyclic amines) is 1. The van der Waals surface area contributed by atoms with Gasteiger partial charge in [-0.15, -0.1) is 0 Å². The number of nitrogens with zero attached hydrogens (tertiary/aromatic N) is 1. The number of aliphatic hydroxyl groups is 2. The van der Waals surface area contributed by atoms with Crippen LogP contribution in [0.25, 0.3) is 0 Å². The van der Waals surface area contributed by atoms with E-state index in [4.69, 9.17) is 0 Å². The third-order valence-electron chi connectivity index (χ3n) is 5.81. The number of hydrogen-bond acceptors (Lipinski definition) is 5. The van der Waals surface area contributed by atoms with E-state index in [1.54, 1.807) is 12.1 Å². The molecular weight excluding hydrogens is 342 g/mol. The van der Waals surface area contributed by atoms with Crippen molar-refractivity contribution in [3.05, 3.63) is 59.7 Å². The Hall–Kier alpha value is -2.08. The Morgan fingerprint density at radius 1 is 0.889 bits per heavy atom. The average Bonchev–Trinajstić information content (AvgIpc) is 2.67. The molecule has 5 heteroatoms. The fraction of sp³-hybridized carbons (Fsp3) is 0.455. The zero-order valence-electron chi connectivity index (χ0n) is 15.7. The van der Waals surface area contributed by atoms with Crippen LogP contribution in [0.5, 0.6) is 11.5 Å². The number of benzene rings is 2.